The molecular weight excluding hydrogens is 344 g/mol. The highest BCUT2D eigenvalue weighted by Gasteiger charge is 2.40. The van der Waals surface area contributed by atoms with Gasteiger partial charge in [-0.3, -0.25) is 9.79 Å². The van der Waals surface area contributed by atoms with E-state index >= 15 is 0 Å². The van der Waals surface area contributed by atoms with Crippen LogP contribution in [0.4, 0.5) is 0 Å². The number of hydrogen-bond donors (Lipinski definition) is 4. The average Bonchev–Trinajstić information content (AvgIpc) is 2.62. The van der Waals surface area contributed by atoms with Gasteiger partial charge in [0.25, 0.3) is 0 Å². The van der Waals surface area contributed by atoms with E-state index in [0.717, 1.165) is 12.8 Å². The van der Waals surface area contributed by atoms with Crippen LogP contribution in [0.2, 0.25) is 0 Å². The van der Waals surface area contributed by atoms with E-state index in [1.165, 1.54) is 51.4 Å². The second-order valence-corrected chi connectivity index (χ2v) is 7.40. The summed E-state index contributed by atoms with van der Waals surface area (Å²) < 4.78 is 0. The molecule has 0 aromatic carbocycles. The third kappa shape index (κ3) is 12.4. The first-order valence-electron chi connectivity index (χ1n) is 10.5. The number of ketones is 1. The number of carbonyl (C=O) groups is 2. The minimum absolute atomic E-state index is 0.0377. The summed E-state index contributed by atoms with van der Waals surface area (Å²) in [6, 6.07) is 0. The number of carbonyl (C=O) groups excluding carboxylic acids is 1. The molecule has 7 nitrogen and oxygen atoms in total. The van der Waals surface area contributed by atoms with Crippen molar-refractivity contribution in [1.29, 1.82) is 0 Å². The van der Waals surface area contributed by atoms with Crippen molar-refractivity contribution in [2.75, 3.05) is 6.54 Å². The molecule has 27 heavy (non-hydrogen) atoms. The number of rotatable bonds is 18. The second kappa shape index (κ2) is 15.4. The van der Waals surface area contributed by atoms with Crippen LogP contribution in [-0.4, -0.2) is 34.9 Å². The van der Waals surface area contributed by atoms with E-state index in [1.807, 2.05) is 0 Å². The Balaban J connectivity index is 3.91. The monoisotopic (exact) mass is 384 g/mol. The van der Waals surface area contributed by atoms with Crippen LogP contribution < -0.4 is 17.2 Å². The van der Waals surface area contributed by atoms with E-state index in [0.29, 0.717) is 12.8 Å². The molecule has 0 heterocycles. The summed E-state index contributed by atoms with van der Waals surface area (Å²) in [6.45, 7) is 2.49. The van der Waals surface area contributed by atoms with E-state index in [1.54, 1.807) is 0 Å². The van der Waals surface area contributed by atoms with Crippen molar-refractivity contribution in [3.05, 3.63) is 0 Å². The maximum Gasteiger partial charge on any atom is 0.331 e. The third-order valence-corrected chi connectivity index (χ3v) is 4.91. The van der Waals surface area contributed by atoms with Crippen LogP contribution in [0.3, 0.4) is 0 Å². The lowest BCUT2D eigenvalue weighted by Gasteiger charge is -2.23. The minimum Gasteiger partial charge on any atom is -0.480 e. The number of nitrogens with two attached hydrogens (primary N) is 3. The standard InChI is InChI=1S/C20H40N4O3/c1-2-3-4-5-6-7-8-9-10-11-12-14-17(25)20(23,18(26)27)15-13-16-24-19(21)22/h2-16,23H2,1H3,(H,26,27)(H4,21,22,24)/t20-/m1/s1. The zero-order valence-electron chi connectivity index (χ0n) is 17.0. The highest BCUT2D eigenvalue weighted by molar-refractivity contribution is 6.07. The zero-order chi connectivity index (χ0) is 20.5. The molecular formula is C20H40N4O3. The molecule has 1 atom stereocenters. The van der Waals surface area contributed by atoms with E-state index in [-0.39, 0.29) is 25.3 Å². The summed E-state index contributed by atoms with van der Waals surface area (Å²) in [5.74, 6) is -1.74. The first-order valence-corrected chi connectivity index (χ1v) is 10.5. The highest BCUT2D eigenvalue weighted by atomic mass is 16.4. The van der Waals surface area contributed by atoms with Crippen molar-refractivity contribution in [2.24, 2.45) is 22.2 Å². The highest BCUT2D eigenvalue weighted by Crippen LogP contribution is 2.17. The lowest BCUT2D eigenvalue weighted by Crippen LogP contribution is -2.55. The van der Waals surface area contributed by atoms with Crippen molar-refractivity contribution >= 4 is 17.7 Å². The lowest BCUT2D eigenvalue weighted by molar-refractivity contribution is -0.148. The molecule has 0 bridgehead atoms. The van der Waals surface area contributed by atoms with Crippen LogP contribution >= 0.6 is 0 Å². The van der Waals surface area contributed by atoms with Gasteiger partial charge in [0.2, 0.25) is 0 Å². The van der Waals surface area contributed by atoms with Crippen molar-refractivity contribution < 1.29 is 14.7 Å². The molecule has 0 aliphatic heterocycles. The molecule has 0 unspecified atom stereocenters. The predicted octanol–water partition coefficient (Wildman–Crippen LogP) is 3.09. The zero-order valence-corrected chi connectivity index (χ0v) is 17.0. The summed E-state index contributed by atoms with van der Waals surface area (Å²) in [7, 11) is 0. The van der Waals surface area contributed by atoms with Gasteiger partial charge in [-0.05, 0) is 19.3 Å². The number of carboxylic acids is 1. The molecule has 0 aliphatic rings. The van der Waals surface area contributed by atoms with Gasteiger partial charge in [-0.25, -0.2) is 4.79 Å². The molecule has 0 amide bonds. The molecule has 0 aliphatic carbocycles. The van der Waals surface area contributed by atoms with Crippen LogP contribution in [-0.2, 0) is 9.59 Å². The number of aliphatic carboxylic acids is 1. The summed E-state index contributed by atoms with van der Waals surface area (Å²) in [5.41, 5.74) is 14.5. The smallest absolute Gasteiger partial charge is 0.331 e. The summed E-state index contributed by atoms with van der Waals surface area (Å²) in [6.07, 6.45) is 13.6. The Morgan fingerprint density at radius 2 is 1.33 bits per heavy atom. The van der Waals surface area contributed by atoms with E-state index in [4.69, 9.17) is 17.2 Å². The van der Waals surface area contributed by atoms with Crippen molar-refractivity contribution in [3.63, 3.8) is 0 Å². The fourth-order valence-electron chi connectivity index (χ4n) is 3.10. The molecule has 158 valence electrons. The molecule has 0 fully saturated rings. The number of unbranched alkanes of at least 4 members (excludes halogenated alkanes) is 10. The predicted molar refractivity (Wildman–Crippen MR) is 111 cm³/mol. The van der Waals surface area contributed by atoms with Gasteiger partial charge in [-0.1, -0.05) is 71.1 Å². The summed E-state index contributed by atoms with van der Waals surface area (Å²) in [5, 5.41) is 9.36. The van der Waals surface area contributed by atoms with Gasteiger partial charge in [0.05, 0.1) is 0 Å². The van der Waals surface area contributed by atoms with Crippen LogP contribution in [0.5, 0.6) is 0 Å². The molecule has 0 radical (unpaired) electrons. The normalized spacial score (nSPS) is 13.1. The van der Waals surface area contributed by atoms with Crippen LogP contribution in [0.1, 0.15) is 96.8 Å². The fraction of sp³-hybridized carbons (Fsp3) is 0.850. The molecule has 0 spiro atoms. The van der Waals surface area contributed by atoms with Gasteiger partial charge >= 0.3 is 5.97 Å². The number of nitrogens with zero attached hydrogens (tertiary/aromatic N) is 1. The lowest BCUT2D eigenvalue weighted by atomic mass is 9.87. The second-order valence-electron chi connectivity index (χ2n) is 7.40. The fourth-order valence-corrected chi connectivity index (χ4v) is 3.10. The largest absolute Gasteiger partial charge is 0.480 e. The molecule has 0 rings (SSSR count). The Bertz CT molecular complexity index is 451. The topological polar surface area (TPSA) is 145 Å². The van der Waals surface area contributed by atoms with Gasteiger partial charge < -0.3 is 22.3 Å². The Kier molecular flexibility index (Phi) is 14.5. The minimum atomic E-state index is -1.84. The number of guanidine groups is 1. The van der Waals surface area contributed by atoms with Crippen molar-refractivity contribution in [2.45, 2.75) is 102 Å². The van der Waals surface area contributed by atoms with Crippen molar-refractivity contribution in [1.82, 2.24) is 0 Å². The van der Waals surface area contributed by atoms with Gasteiger partial charge in [-0.2, -0.15) is 0 Å². The molecule has 0 saturated carbocycles. The van der Waals surface area contributed by atoms with E-state index < -0.39 is 17.3 Å². The first-order chi connectivity index (χ1) is 12.8. The summed E-state index contributed by atoms with van der Waals surface area (Å²) in [4.78, 5) is 27.6. The number of carboxylic acid groups (broad SMARTS) is 1. The van der Waals surface area contributed by atoms with Crippen LogP contribution in [0.25, 0.3) is 0 Å². The maximum absolute atomic E-state index is 12.3. The average molecular weight is 385 g/mol. The van der Waals surface area contributed by atoms with Crippen LogP contribution in [0.15, 0.2) is 4.99 Å². The van der Waals surface area contributed by atoms with Crippen LogP contribution in [0, 0.1) is 0 Å². The number of Topliss-reactive ketones (excluding diaryl/α,β-unsaturated/α-hetero) is 1. The van der Waals surface area contributed by atoms with Gasteiger partial charge in [0.15, 0.2) is 17.3 Å². The molecule has 7 N–H and O–H groups in total. The molecule has 0 aromatic rings. The van der Waals surface area contributed by atoms with E-state index in [2.05, 4.69) is 11.9 Å². The van der Waals surface area contributed by atoms with Gasteiger partial charge in [0, 0.05) is 13.0 Å². The van der Waals surface area contributed by atoms with Crippen molar-refractivity contribution in [3.8, 4) is 0 Å². The molecule has 0 aromatic heterocycles. The summed E-state index contributed by atoms with van der Waals surface area (Å²) >= 11 is 0. The first kappa shape index (κ1) is 25.4. The van der Waals surface area contributed by atoms with Gasteiger partial charge in [0.1, 0.15) is 0 Å². The van der Waals surface area contributed by atoms with Gasteiger partial charge in [-0.15, -0.1) is 0 Å². The Morgan fingerprint density at radius 1 is 0.852 bits per heavy atom. The SMILES string of the molecule is CCCCCCCCCCCCCC(=O)[C@](N)(CCCN=C(N)N)C(=O)O. The molecule has 0 saturated heterocycles. The van der Waals surface area contributed by atoms with E-state index in [9.17, 15) is 14.7 Å². The number of hydrogen-bond acceptors (Lipinski definition) is 4. The third-order valence-electron chi connectivity index (χ3n) is 4.91. The Morgan fingerprint density at radius 3 is 1.78 bits per heavy atom. The maximum atomic E-state index is 12.3. The molecule has 7 heteroatoms. The number of aliphatic imine (C=N–C) groups is 1. The Labute approximate surface area is 164 Å². The quantitative estimate of drug-likeness (QED) is 0.124. The Hall–Kier alpha value is -1.63.